The van der Waals surface area contributed by atoms with Gasteiger partial charge in [-0.1, -0.05) is 19.1 Å². The number of amides is 1. The highest BCUT2D eigenvalue weighted by Gasteiger charge is 2.20. The molecule has 1 aromatic heterocycles. The van der Waals surface area contributed by atoms with Gasteiger partial charge in [-0.2, -0.15) is 0 Å². The van der Waals surface area contributed by atoms with E-state index in [1.54, 1.807) is 6.92 Å². The maximum atomic E-state index is 12.9. The largest absolute Gasteiger partial charge is 0.477 e. The van der Waals surface area contributed by atoms with Crippen LogP contribution in [0.5, 0.6) is 0 Å². The Bertz CT molecular complexity index is 845. The number of carboxylic acid groups (broad SMARTS) is 1. The lowest BCUT2D eigenvalue weighted by molar-refractivity contribution is 0.0689. The average molecular weight is 348 g/mol. The van der Waals surface area contributed by atoms with Crippen LogP contribution in [0.1, 0.15) is 45.9 Å². The lowest BCUT2D eigenvalue weighted by atomic mass is 10.1. The standard InChI is InChI=1S/C17H17FN2O5/c1-2-14(21)20-8-12(15(22)13(9-20)17(24)25)16(23)19-7-10-3-5-11(18)6-4-10/h3-6,8-9,14,21H,2,7H2,1H3,(H,19,23)(H,24,25). The van der Waals surface area contributed by atoms with Crippen molar-refractivity contribution >= 4 is 11.9 Å². The fraction of sp³-hybridized carbons (Fsp3) is 0.235. The van der Waals surface area contributed by atoms with E-state index < -0.39 is 40.5 Å². The number of hydrogen-bond donors (Lipinski definition) is 3. The van der Waals surface area contributed by atoms with Crippen LogP contribution in [-0.2, 0) is 6.54 Å². The smallest absolute Gasteiger partial charge is 0.341 e. The molecule has 1 heterocycles. The summed E-state index contributed by atoms with van der Waals surface area (Å²) in [5, 5.41) is 21.5. The second kappa shape index (κ2) is 7.71. The van der Waals surface area contributed by atoms with E-state index in [2.05, 4.69) is 5.32 Å². The number of carbonyl (C=O) groups is 2. The number of aliphatic hydroxyl groups excluding tert-OH is 1. The van der Waals surface area contributed by atoms with Crippen LogP contribution in [0.25, 0.3) is 0 Å². The van der Waals surface area contributed by atoms with Crippen LogP contribution in [0, 0.1) is 5.82 Å². The van der Waals surface area contributed by atoms with Crippen LogP contribution in [-0.4, -0.2) is 26.7 Å². The molecule has 0 radical (unpaired) electrons. The number of nitrogens with one attached hydrogen (secondary N) is 1. The van der Waals surface area contributed by atoms with Gasteiger partial charge < -0.3 is 20.1 Å². The Morgan fingerprint density at radius 2 is 1.80 bits per heavy atom. The molecule has 1 unspecified atom stereocenters. The summed E-state index contributed by atoms with van der Waals surface area (Å²) in [4.78, 5) is 35.7. The van der Waals surface area contributed by atoms with Gasteiger partial charge in [0.05, 0.1) is 0 Å². The zero-order chi connectivity index (χ0) is 18.6. The first-order valence-electron chi connectivity index (χ1n) is 7.53. The molecule has 3 N–H and O–H groups in total. The first kappa shape index (κ1) is 18.3. The van der Waals surface area contributed by atoms with Crippen molar-refractivity contribution in [1.82, 2.24) is 9.88 Å². The van der Waals surface area contributed by atoms with E-state index in [4.69, 9.17) is 5.11 Å². The lowest BCUT2D eigenvalue weighted by Crippen LogP contribution is -2.32. The molecule has 2 rings (SSSR count). The number of hydrogen-bond acceptors (Lipinski definition) is 4. The normalized spacial score (nSPS) is 11.8. The number of carboxylic acids is 1. The SMILES string of the molecule is CCC(O)n1cc(C(=O)O)c(=O)c(C(=O)NCc2ccc(F)cc2)c1. The van der Waals surface area contributed by atoms with Gasteiger partial charge >= 0.3 is 5.97 Å². The van der Waals surface area contributed by atoms with E-state index in [1.165, 1.54) is 24.3 Å². The molecule has 7 nitrogen and oxygen atoms in total. The molecule has 1 aromatic carbocycles. The Morgan fingerprint density at radius 3 is 2.36 bits per heavy atom. The van der Waals surface area contributed by atoms with Gasteiger partial charge in [-0.25, -0.2) is 9.18 Å². The van der Waals surface area contributed by atoms with Crippen molar-refractivity contribution in [3.63, 3.8) is 0 Å². The highest BCUT2D eigenvalue weighted by molar-refractivity contribution is 5.96. The van der Waals surface area contributed by atoms with Gasteiger partial charge in [0.2, 0.25) is 5.43 Å². The van der Waals surface area contributed by atoms with Crippen LogP contribution >= 0.6 is 0 Å². The molecule has 0 saturated heterocycles. The van der Waals surface area contributed by atoms with Crippen molar-refractivity contribution in [3.05, 3.63) is 69.4 Å². The Hall–Kier alpha value is -3.00. The summed E-state index contributed by atoms with van der Waals surface area (Å²) in [5.41, 5.74) is -1.34. The minimum Gasteiger partial charge on any atom is -0.477 e. The summed E-state index contributed by atoms with van der Waals surface area (Å²) < 4.78 is 14.0. The summed E-state index contributed by atoms with van der Waals surface area (Å²) in [6.45, 7) is 1.70. The van der Waals surface area contributed by atoms with E-state index in [0.717, 1.165) is 17.0 Å². The van der Waals surface area contributed by atoms with Crippen LogP contribution in [0.15, 0.2) is 41.5 Å². The number of pyridine rings is 1. The fourth-order valence-electron chi connectivity index (χ4n) is 2.17. The van der Waals surface area contributed by atoms with E-state index in [-0.39, 0.29) is 13.0 Å². The number of benzene rings is 1. The monoisotopic (exact) mass is 348 g/mol. The Balaban J connectivity index is 2.31. The van der Waals surface area contributed by atoms with Gasteiger partial charge in [-0.3, -0.25) is 9.59 Å². The van der Waals surface area contributed by atoms with Crippen LogP contribution < -0.4 is 10.7 Å². The Morgan fingerprint density at radius 1 is 1.20 bits per heavy atom. The van der Waals surface area contributed by atoms with Gasteiger partial charge in [0.25, 0.3) is 5.91 Å². The molecule has 0 aliphatic carbocycles. The summed E-state index contributed by atoms with van der Waals surface area (Å²) >= 11 is 0. The third-order valence-corrected chi connectivity index (χ3v) is 3.60. The van der Waals surface area contributed by atoms with Crippen molar-refractivity contribution in [3.8, 4) is 0 Å². The average Bonchev–Trinajstić information content (AvgIpc) is 2.60. The first-order chi connectivity index (χ1) is 11.8. The Kier molecular flexibility index (Phi) is 5.66. The highest BCUT2D eigenvalue weighted by atomic mass is 19.1. The summed E-state index contributed by atoms with van der Waals surface area (Å²) in [5.74, 6) is -2.69. The predicted octanol–water partition coefficient (Wildman–Crippen LogP) is 1.52. The number of aromatic nitrogens is 1. The molecule has 25 heavy (non-hydrogen) atoms. The number of aliphatic hydroxyl groups is 1. The topological polar surface area (TPSA) is 109 Å². The van der Waals surface area contributed by atoms with Gasteiger partial charge in [-0.15, -0.1) is 0 Å². The van der Waals surface area contributed by atoms with Gasteiger partial charge in [0.1, 0.15) is 23.2 Å². The zero-order valence-electron chi connectivity index (χ0n) is 13.4. The van der Waals surface area contributed by atoms with E-state index in [1.807, 2.05) is 0 Å². The third-order valence-electron chi connectivity index (χ3n) is 3.60. The second-order valence-electron chi connectivity index (χ2n) is 5.37. The van der Waals surface area contributed by atoms with Crippen molar-refractivity contribution in [2.75, 3.05) is 0 Å². The van der Waals surface area contributed by atoms with E-state index in [9.17, 15) is 23.9 Å². The molecule has 132 valence electrons. The molecule has 1 atom stereocenters. The Labute approximate surface area is 142 Å². The fourth-order valence-corrected chi connectivity index (χ4v) is 2.17. The van der Waals surface area contributed by atoms with Gasteiger partial charge in [-0.05, 0) is 24.1 Å². The third kappa shape index (κ3) is 4.30. The minimum atomic E-state index is -1.49. The molecular formula is C17H17FN2O5. The molecule has 8 heteroatoms. The summed E-state index contributed by atoms with van der Waals surface area (Å²) in [6.07, 6.45) is 1.30. The molecule has 0 spiro atoms. The number of halogens is 1. The molecule has 0 bridgehead atoms. The molecule has 0 aliphatic heterocycles. The number of aromatic carboxylic acids is 1. The van der Waals surface area contributed by atoms with Crippen molar-refractivity contribution < 1.29 is 24.2 Å². The number of nitrogens with zero attached hydrogens (tertiary/aromatic N) is 1. The molecule has 1 amide bonds. The van der Waals surface area contributed by atoms with Crippen LogP contribution in [0.4, 0.5) is 4.39 Å². The van der Waals surface area contributed by atoms with Crippen molar-refractivity contribution in [2.24, 2.45) is 0 Å². The molecule has 0 aliphatic rings. The maximum absolute atomic E-state index is 12.9. The van der Waals surface area contributed by atoms with Gasteiger partial charge in [0.15, 0.2) is 0 Å². The number of carbonyl (C=O) groups excluding carboxylic acids is 1. The first-order valence-corrected chi connectivity index (χ1v) is 7.53. The molecule has 0 saturated carbocycles. The lowest BCUT2D eigenvalue weighted by Gasteiger charge is -2.15. The van der Waals surface area contributed by atoms with Crippen LogP contribution in [0.2, 0.25) is 0 Å². The predicted molar refractivity (Wildman–Crippen MR) is 86.8 cm³/mol. The van der Waals surface area contributed by atoms with E-state index >= 15 is 0 Å². The maximum Gasteiger partial charge on any atom is 0.341 e. The van der Waals surface area contributed by atoms with E-state index in [0.29, 0.717) is 5.56 Å². The minimum absolute atomic E-state index is 0.0339. The molecule has 0 fully saturated rings. The zero-order valence-corrected chi connectivity index (χ0v) is 13.4. The molecular weight excluding hydrogens is 331 g/mol. The van der Waals surface area contributed by atoms with Crippen molar-refractivity contribution in [1.29, 1.82) is 0 Å². The van der Waals surface area contributed by atoms with Gasteiger partial charge in [0, 0.05) is 18.9 Å². The van der Waals surface area contributed by atoms with Crippen molar-refractivity contribution in [2.45, 2.75) is 26.1 Å². The quantitative estimate of drug-likeness (QED) is 0.733. The number of rotatable bonds is 6. The second-order valence-corrected chi connectivity index (χ2v) is 5.37. The summed E-state index contributed by atoms with van der Waals surface area (Å²) in [6, 6.07) is 5.42. The summed E-state index contributed by atoms with van der Waals surface area (Å²) in [7, 11) is 0. The highest BCUT2D eigenvalue weighted by Crippen LogP contribution is 2.09. The van der Waals surface area contributed by atoms with Crippen LogP contribution in [0.3, 0.4) is 0 Å². The molecule has 2 aromatic rings.